The number of nitrogens with two attached hydrogens (primary N) is 1. The van der Waals surface area contributed by atoms with Crippen LogP contribution in [0.25, 0.3) is 0 Å². The quantitative estimate of drug-likeness (QED) is 0.449. The van der Waals surface area contributed by atoms with Crippen molar-refractivity contribution in [2.45, 2.75) is 25.8 Å². The first kappa shape index (κ1) is 19.7. The number of hydrogen-bond acceptors (Lipinski definition) is 8. The average Bonchev–Trinajstić information content (AvgIpc) is 3.26. The Bertz CT molecular complexity index is 985. The molecule has 3 N–H and O–H groups in total. The number of furan rings is 1. The van der Waals surface area contributed by atoms with E-state index in [2.05, 4.69) is 39.6 Å². The number of nitro groups is 1. The third kappa shape index (κ3) is 4.51. The van der Waals surface area contributed by atoms with Gasteiger partial charge in [0.15, 0.2) is 0 Å². The largest absolute Gasteiger partial charge is 0.467 e. The molecule has 0 spiro atoms. The lowest BCUT2D eigenvalue weighted by Crippen LogP contribution is -2.35. The molecule has 1 aliphatic rings. The summed E-state index contributed by atoms with van der Waals surface area (Å²) >= 11 is 0. The highest BCUT2D eigenvalue weighted by Gasteiger charge is 2.30. The molecule has 4 rings (SSSR count). The first-order valence-electron chi connectivity index (χ1n) is 9.97. The molecule has 3 aromatic rings. The highest BCUT2D eigenvalue weighted by Crippen LogP contribution is 2.35. The Labute approximate surface area is 174 Å². The number of nitrogens with one attached hydrogen (secondary N) is 1. The molecule has 156 valence electrons. The summed E-state index contributed by atoms with van der Waals surface area (Å²) in [5.41, 5.74) is 7.01. The molecule has 0 atom stereocenters. The molecule has 0 aliphatic carbocycles. The molecule has 0 amide bonds. The van der Waals surface area contributed by atoms with Crippen LogP contribution in [-0.4, -0.2) is 28.0 Å². The van der Waals surface area contributed by atoms with Crippen molar-refractivity contribution in [2.24, 2.45) is 5.92 Å². The van der Waals surface area contributed by atoms with Gasteiger partial charge in [-0.1, -0.05) is 30.3 Å². The van der Waals surface area contributed by atoms with Crippen LogP contribution in [0, 0.1) is 16.0 Å². The summed E-state index contributed by atoms with van der Waals surface area (Å²) in [6, 6.07) is 14.0. The molecule has 1 aliphatic heterocycles. The number of aromatic nitrogens is 2. The fourth-order valence-electron chi connectivity index (χ4n) is 3.81. The second-order valence-electron chi connectivity index (χ2n) is 7.41. The number of rotatable bonds is 7. The van der Waals surface area contributed by atoms with E-state index in [-0.39, 0.29) is 23.3 Å². The van der Waals surface area contributed by atoms with Gasteiger partial charge in [0.2, 0.25) is 17.6 Å². The van der Waals surface area contributed by atoms with Crippen LogP contribution >= 0.6 is 0 Å². The zero-order valence-corrected chi connectivity index (χ0v) is 16.5. The Morgan fingerprint density at radius 1 is 1.17 bits per heavy atom. The molecule has 1 fully saturated rings. The van der Waals surface area contributed by atoms with Crippen molar-refractivity contribution < 1.29 is 9.34 Å². The standard InChI is InChI=1S/C21H24N6O3/c22-19-18(27(28)29)20(25-21(24-19)23-14-17-7-4-12-30-17)26-10-8-16(9-11-26)13-15-5-2-1-3-6-15/h1-7,12,16H,8-11,13-14H2,(H3,22,23,24,25). The molecular weight excluding hydrogens is 384 g/mol. The molecule has 30 heavy (non-hydrogen) atoms. The maximum absolute atomic E-state index is 11.6. The highest BCUT2D eigenvalue weighted by atomic mass is 16.6. The van der Waals surface area contributed by atoms with Crippen LogP contribution in [0.15, 0.2) is 53.1 Å². The van der Waals surface area contributed by atoms with Crippen molar-refractivity contribution in [1.29, 1.82) is 0 Å². The summed E-state index contributed by atoms with van der Waals surface area (Å²) in [5.74, 6) is 1.62. The van der Waals surface area contributed by atoms with Crippen LogP contribution in [0.3, 0.4) is 0 Å². The van der Waals surface area contributed by atoms with E-state index in [1.54, 1.807) is 12.3 Å². The molecule has 0 saturated carbocycles. The van der Waals surface area contributed by atoms with Crippen LogP contribution in [0.4, 0.5) is 23.3 Å². The predicted molar refractivity (Wildman–Crippen MR) is 114 cm³/mol. The minimum Gasteiger partial charge on any atom is -0.467 e. The monoisotopic (exact) mass is 408 g/mol. The van der Waals surface area contributed by atoms with Gasteiger partial charge in [0.25, 0.3) is 0 Å². The first-order valence-corrected chi connectivity index (χ1v) is 9.97. The summed E-state index contributed by atoms with van der Waals surface area (Å²) in [6.07, 6.45) is 4.46. The number of benzene rings is 1. The van der Waals surface area contributed by atoms with Crippen molar-refractivity contribution in [3.05, 3.63) is 70.2 Å². The van der Waals surface area contributed by atoms with Gasteiger partial charge in [0, 0.05) is 13.1 Å². The summed E-state index contributed by atoms with van der Waals surface area (Å²) in [5, 5.41) is 14.7. The Morgan fingerprint density at radius 2 is 1.93 bits per heavy atom. The average molecular weight is 408 g/mol. The normalized spacial score (nSPS) is 14.6. The van der Waals surface area contributed by atoms with Crippen LogP contribution in [-0.2, 0) is 13.0 Å². The zero-order valence-electron chi connectivity index (χ0n) is 16.5. The second-order valence-corrected chi connectivity index (χ2v) is 7.41. The molecular formula is C21H24N6O3. The SMILES string of the molecule is Nc1nc(NCc2ccco2)nc(N2CCC(Cc3ccccc3)CC2)c1[N+](=O)[O-]. The molecule has 9 heteroatoms. The Kier molecular flexibility index (Phi) is 5.78. The number of piperidine rings is 1. The first-order chi connectivity index (χ1) is 14.6. The Balaban J connectivity index is 1.48. The van der Waals surface area contributed by atoms with Gasteiger partial charge in [-0.2, -0.15) is 9.97 Å². The minimum atomic E-state index is -0.503. The van der Waals surface area contributed by atoms with Gasteiger partial charge in [-0.3, -0.25) is 10.1 Å². The number of nitrogen functional groups attached to an aromatic ring is 1. The lowest BCUT2D eigenvalue weighted by molar-refractivity contribution is -0.383. The van der Waals surface area contributed by atoms with Crippen molar-refractivity contribution in [1.82, 2.24) is 9.97 Å². The van der Waals surface area contributed by atoms with E-state index in [0.717, 1.165) is 19.3 Å². The topological polar surface area (TPSA) is 123 Å². The van der Waals surface area contributed by atoms with Crippen molar-refractivity contribution >= 4 is 23.3 Å². The predicted octanol–water partition coefficient (Wildman–Crippen LogP) is 3.63. The molecule has 0 unspecified atom stereocenters. The zero-order chi connectivity index (χ0) is 20.9. The lowest BCUT2D eigenvalue weighted by atomic mass is 9.90. The van der Waals surface area contributed by atoms with Gasteiger partial charge in [0.05, 0.1) is 17.7 Å². The Morgan fingerprint density at radius 3 is 2.60 bits per heavy atom. The fourth-order valence-corrected chi connectivity index (χ4v) is 3.81. The molecule has 0 bridgehead atoms. The molecule has 3 heterocycles. The van der Waals surface area contributed by atoms with E-state index >= 15 is 0 Å². The minimum absolute atomic E-state index is 0.140. The van der Waals surface area contributed by atoms with Crippen LogP contribution in [0.2, 0.25) is 0 Å². The third-order valence-electron chi connectivity index (χ3n) is 5.36. The summed E-state index contributed by atoms with van der Waals surface area (Å²) < 4.78 is 5.29. The van der Waals surface area contributed by atoms with E-state index in [9.17, 15) is 10.1 Å². The van der Waals surface area contributed by atoms with E-state index in [4.69, 9.17) is 10.2 Å². The molecule has 9 nitrogen and oxygen atoms in total. The molecule has 2 aromatic heterocycles. The van der Waals surface area contributed by atoms with Crippen LogP contribution < -0.4 is 16.0 Å². The van der Waals surface area contributed by atoms with Gasteiger partial charge in [-0.15, -0.1) is 0 Å². The smallest absolute Gasteiger partial charge is 0.353 e. The summed E-state index contributed by atoms with van der Waals surface area (Å²) in [4.78, 5) is 21.6. The Hall–Kier alpha value is -3.62. The van der Waals surface area contributed by atoms with Crippen LogP contribution in [0.1, 0.15) is 24.2 Å². The summed E-state index contributed by atoms with van der Waals surface area (Å²) in [7, 11) is 0. The number of anilines is 3. The van der Waals surface area contributed by atoms with E-state index < -0.39 is 4.92 Å². The van der Waals surface area contributed by atoms with Gasteiger partial charge in [-0.25, -0.2) is 0 Å². The lowest BCUT2D eigenvalue weighted by Gasteiger charge is -2.32. The number of nitrogens with zero attached hydrogens (tertiary/aromatic N) is 4. The maximum Gasteiger partial charge on any atom is 0.353 e. The van der Waals surface area contributed by atoms with Crippen molar-refractivity contribution in [3.63, 3.8) is 0 Å². The van der Waals surface area contributed by atoms with E-state index in [0.29, 0.717) is 31.3 Å². The van der Waals surface area contributed by atoms with Gasteiger partial charge in [0.1, 0.15) is 5.76 Å². The maximum atomic E-state index is 11.6. The summed E-state index contributed by atoms with van der Waals surface area (Å²) in [6.45, 7) is 1.74. The highest BCUT2D eigenvalue weighted by molar-refractivity contribution is 5.71. The van der Waals surface area contributed by atoms with Crippen LogP contribution in [0.5, 0.6) is 0 Å². The van der Waals surface area contributed by atoms with Gasteiger partial charge < -0.3 is 20.4 Å². The molecule has 1 saturated heterocycles. The van der Waals surface area contributed by atoms with Gasteiger partial charge >= 0.3 is 5.69 Å². The van der Waals surface area contributed by atoms with Gasteiger partial charge in [-0.05, 0) is 42.9 Å². The molecule has 1 aromatic carbocycles. The molecule has 0 radical (unpaired) electrons. The second kappa shape index (κ2) is 8.81. The third-order valence-corrected chi connectivity index (χ3v) is 5.36. The van der Waals surface area contributed by atoms with Crippen molar-refractivity contribution in [2.75, 3.05) is 29.0 Å². The number of hydrogen-bond donors (Lipinski definition) is 2. The fraction of sp³-hybridized carbons (Fsp3) is 0.333. The van der Waals surface area contributed by atoms with E-state index in [1.807, 2.05) is 17.0 Å². The van der Waals surface area contributed by atoms with E-state index in [1.165, 1.54) is 5.56 Å². The van der Waals surface area contributed by atoms with Crippen molar-refractivity contribution in [3.8, 4) is 0 Å².